The van der Waals surface area contributed by atoms with Crippen molar-refractivity contribution < 1.29 is 9.18 Å². The molecule has 0 unspecified atom stereocenters. The molecule has 0 aliphatic carbocycles. The van der Waals surface area contributed by atoms with E-state index >= 15 is 0 Å². The Labute approximate surface area is 106 Å². The molecule has 5 heteroatoms. The number of anilines is 1. The highest BCUT2D eigenvalue weighted by Crippen LogP contribution is 2.15. The van der Waals surface area contributed by atoms with Crippen LogP contribution in [0.1, 0.15) is 22.5 Å². The maximum absolute atomic E-state index is 12.0. The van der Waals surface area contributed by atoms with E-state index in [0.29, 0.717) is 18.0 Å². The van der Waals surface area contributed by atoms with Gasteiger partial charge >= 0.3 is 0 Å². The number of likely N-dealkylation sites (tertiary alicyclic amines) is 1. The summed E-state index contributed by atoms with van der Waals surface area (Å²) in [5.74, 6) is 0.799. The summed E-state index contributed by atoms with van der Waals surface area (Å²) in [7, 11) is 0. The van der Waals surface area contributed by atoms with E-state index in [1.54, 1.807) is 6.07 Å². The average Bonchev–Trinajstić information content (AvgIpc) is 2.32. The predicted molar refractivity (Wildman–Crippen MR) is 68.8 cm³/mol. The fraction of sp³-hybridized carbons (Fsp3) is 0.538. The second-order valence-corrected chi connectivity index (χ2v) is 4.63. The van der Waals surface area contributed by atoms with Gasteiger partial charge in [-0.15, -0.1) is 0 Å². The number of aryl methyl sites for hydroxylation is 1. The molecule has 0 aromatic carbocycles. The van der Waals surface area contributed by atoms with Crippen LogP contribution in [0.15, 0.2) is 12.1 Å². The maximum Gasteiger partial charge on any atom is 0.151 e. The number of aldehydes is 1. The predicted octanol–water partition coefficient (Wildman–Crippen LogP) is 1.66. The van der Waals surface area contributed by atoms with Gasteiger partial charge in [-0.25, -0.2) is 4.98 Å². The van der Waals surface area contributed by atoms with Crippen LogP contribution < -0.4 is 5.32 Å². The number of carbonyl (C=O) groups is 1. The Morgan fingerprint density at radius 2 is 2.33 bits per heavy atom. The summed E-state index contributed by atoms with van der Waals surface area (Å²) in [6, 6.07) is 3.97. The standard InChI is InChI=1S/C13H18FN3O/c1-10-11(9-18)3-4-13(15-10)16-12-7-17(8-12)6-2-5-14/h3-4,9,12H,2,5-8H2,1H3,(H,15,16). The number of nitrogens with zero attached hydrogens (tertiary/aromatic N) is 2. The Hall–Kier alpha value is -1.49. The largest absolute Gasteiger partial charge is 0.365 e. The summed E-state index contributed by atoms with van der Waals surface area (Å²) in [6.07, 6.45) is 1.42. The summed E-state index contributed by atoms with van der Waals surface area (Å²) < 4.78 is 12.0. The number of aromatic nitrogens is 1. The van der Waals surface area contributed by atoms with Gasteiger partial charge in [-0.3, -0.25) is 14.1 Å². The molecule has 4 nitrogen and oxygen atoms in total. The van der Waals surface area contributed by atoms with Gasteiger partial charge in [0.15, 0.2) is 6.29 Å². The highest BCUT2D eigenvalue weighted by atomic mass is 19.1. The van der Waals surface area contributed by atoms with Crippen molar-refractivity contribution in [2.45, 2.75) is 19.4 Å². The Morgan fingerprint density at radius 1 is 1.56 bits per heavy atom. The molecule has 2 heterocycles. The number of nitrogens with one attached hydrogen (secondary N) is 1. The number of alkyl halides is 1. The van der Waals surface area contributed by atoms with Gasteiger partial charge in [0.25, 0.3) is 0 Å². The zero-order valence-electron chi connectivity index (χ0n) is 10.5. The lowest BCUT2D eigenvalue weighted by atomic mass is 10.1. The van der Waals surface area contributed by atoms with Crippen LogP contribution in [0.3, 0.4) is 0 Å². The maximum atomic E-state index is 12.0. The topological polar surface area (TPSA) is 45.2 Å². The molecule has 1 aliphatic heterocycles. The van der Waals surface area contributed by atoms with Crippen LogP contribution in [0.5, 0.6) is 0 Å². The molecule has 1 fully saturated rings. The molecule has 0 saturated carbocycles. The SMILES string of the molecule is Cc1nc(NC2CN(CCCF)C2)ccc1C=O. The molecule has 0 atom stereocenters. The van der Waals surface area contributed by atoms with Gasteiger partial charge in [0.05, 0.1) is 18.4 Å². The first-order chi connectivity index (χ1) is 8.72. The fourth-order valence-electron chi connectivity index (χ4n) is 2.11. The quantitative estimate of drug-likeness (QED) is 0.781. The van der Waals surface area contributed by atoms with E-state index in [0.717, 1.165) is 37.4 Å². The van der Waals surface area contributed by atoms with Gasteiger partial charge < -0.3 is 5.32 Å². The van der Waals surface area contributed by atoms with E-state index in [1.165, 1.54) is 0 Å². The van der Waals surface area contributed by atoms with Crippen LogP contribution in [0.4, 0.5) is 10.2 Å². The second-order valence-electron chi connectivity index (χ2n) is 4.63. The van der Waals surface area contributed by atoms with Crippen LogP contribution in [0.25, 0.3) is 0 Å². The number of halogens is 1. The number of hydrogen-bond acceptors (Lipinski definition) is 4. The van der Waals surface area contributed by atoms with Crippen molar-refractivity contribution in [1.29, 1.82) is 0 Å². The molecule has 0 bridgehead atoms. The van der Waals surface area contributed by atoms with Crippen molar-refractivity contribution in [3.05, 3.63) is 23.4 Å². The second kappa shape index (κ2) is 5.91. The summed E-state index contributed by atoms with van der Waals surface area (Å²) in [5.41, 5.74) is 1.36. The summed E-state index contributed by atoms with van der Waals surface area (Å²) in [4.78, 5) is 17.2. The van der Waals surface area contributed by atoms with Crippen molar-refractivity contribution in [2.75, 3.05) is 31.6 Å². The molecular formula is C13H18FN3O. The van der Waals surface area contributed by atoms with E-state index < -0.39 is 0 Å². The molecule has 2 rings (SSSR count). The molecule has 1 saturated heterocycles. The summed E-state index contributed by atoms with van der Waals surface area (Å²) in [6.45, 7) is 4.25. The Morgan fingerprint density at radius 3 is 2.94 bits per heavy atom. The highest BCUT2D eigenvalue weighted by molar-refractivity contribution is 5.76. The van der Waals surface area contributed by atoms with E-state index in [1.807, 2.05) is 13.0 Å². The number of hydrogen-bond donors (Lipinski definition) is 1. The lowest BCUT2D eigenvalue weighted by molar-refractivity contribution is 0.112. The molecule has 98 valence electrons. The molecule has 0 amide bonds. The molecule has 18 heavy (non-hydrogen) atoms. The minimum Gasteiger partial charge on any atom is -0.365 e. The summed E-state index contributed by atoms with van der Waals surface area (Å²) in [5, 5.41) is 3.31. The monoisotopic (exact) mass is 251 g/mol. The summed E-state index contributed by atoms with van der Waals surface area (Å²) >= 11 is 0. The molecule has 0 spiro atoms. The zero-order chi connectivity index (χ0) is 13.0. The molecule has 1 N–H and O–H groups in total. The molecule has 0 radical (unpaired) electrons. The van der Waals surface area contributed by atoms with Gasteiger partial charge in [0.2, 0.25) is 0 Å². The van der Waals surface area contributed by atoms with E-state index in [-0.39, 0.29) is 6.67 Å². The Balaban J connectivity index is 1.81. The third-order valence-corrected chi connectivity index (χ3v) is 3.17. The average molecular weight is 251 g/mol. The normalized spacial score (nSPS) is 16.3. The number of pyridine rings is 1. The van der Waals surface area contributed by atoms with Crippen LogP contribution in [0, 0.1) is 6.92 Å². The Kier molecular flexibility index (Phi) is 4.25. The molecule has 1 aromatic rings. The van der Waals surface area contributed by atoms with Crippen molar-refractivity contribution >= 4 is 12.1 Å². The van der Waals surface area contributed by atoms with Crippen molar-refractivity contribution in [2.24, 2.45) is 0 Å². The molecule has 1 aromatic heterocycles. The van der Waals surface area contributed by atoms with Crippen LogP contribution >= 0.6 is 0 Å². The lowest BCUT2D eigenvalue weighted by Gasteiger charge is -2.39. The van der Waals surface area contributed by atoms with Gasteiger partial charge in [-0.05, 0) is 25.5 Å². The van der Waals surface area contributed by atoms with Crippen molar-refractivity contribution in [3.63, 3.8) is 0 Å². The van der Waals surface area contributed by atoms with Gasteiger partial charge in [0, 0.05) is 25.2 Å². The van der Waals surface area contributed by atoms with Crippen LogP contribution in [0.2, 0.25) is 0 Å². The zero-order valence-corrected chi connectivity index (χ0v) is 10.5. The first-order valence-corrected chi connectivity index (χ1v) is 6.20. The van der Waals surface area contributed by atoms with Gasteiger partial charge in [0.1, 0.15) is 5.82 Å². The highest BCUT2D eigenvalue weighted by Gasteiger charge is 2.26. The van der Waals surface area contributed by atoms with E-state index in [2.05, 4.69) is 15.2 Å². The van der Waals surface area contributed by atoms with Gasteiger partial charge in [-0.1, -0.05) is 0 Å². The fourth-order valence-corrected chi connectivity index (χ4v) is 2.11. The first-order valence-electron chi connectivity index (χ1n) is 6.20. The minimum atomic E-state index is -0.248. The molecular weight excluding hydrogens is 233 g/mol. The first kappa shape index (κ1) is 13.0. The molecule has 1 aliphatic rings. The van der Waals surface area contributed by atoms with Crippen molar-refractivity contribution in [1.82, 2.24) is 9.88 Å². The number of carbonyl (C=O) groups excluding carboxylic acids is 1. The smallest absolute Gasteiger partial charge is 0.151 e. The van der Waals surface area contributed by atoms with Crippen LogP contribution in [-0.4, -0.2) is 48.5 Å². The van der Waals surface area contributed by atoms with E-state index in [4.69, 9.17) is 0 Å². The Bertz CT molecular complexity index is 419. The third-order valence-electron chi connectivity index (χ3n) is 3.17. The van der Waals surface area contributed by atoms with Gasteiger partial charge in [-0.2, -0.15) is 0 Å². The minimum absolute atomic E-state index is 0.248. The number of rotatable bonds is 6. The third kappa shape index (κ3) is 3.04. The van der Waals surface area contributed by atoms with Crippen LogP contribution in [-0.2, 0) is 0 Å². The van der Waals surface area contributed by atoms with Crippen molar-refractivity contribution in [3.8, 4) is 0 Å². The van der Waals surface area contributed by atoms with E-state index in [9.17, 15) is 9.18 Å². The lowest BCUT2D eigenvalue weighted by Crippen LogP contribution is -2.54.